The van der Waals surface area contributed by atoms with Crippen LogP contribution < -0.4 is 5.73 Å². The topological polar surface area (TPSA) is 90.7 Å². The molecule has 2 aromatic rings. The Hall–Kier alpha value is -2.63. The van der Waals surface area contributed by atoms with Crippen LogP contribution in [0.1, 0.15) is 27.4 Å². The molecule has 0 amide bonds. The van der Waals surface area contributed by atoms with E-state index in [1.165, 1.54) is 0 Å². The van der Waals surface area contributed by atoms with Gasteiger partial charge in [-0.3, -0.25) is 0 Å². The van der Waals surface area contributed by atoms with E-state index in [2.05, 4.69) is 10.3 Å². The van der Waals surface area contributed by atoms with Gasteiger partial charge in [0, 0.05) is 6.07 Å². The third-order valence-electron chi connectivity index (χ3n) is 2.37. The van der Waals surface area contributed by atoms with Crippen LogP contribution in [0.25, 0.3) is 0 Å². The summed E-state index contributed by atoms with van der Waals surface area (Å²) in [7, 11) is 0. The number of aromatic nitrogens is 1. The van der Waals surface area contributed by atoms with Crippen molar-refractivity contribution in [1.29, 1.82) is 0 Å². The monoisotopic (exact) mass is 259 g/mol. The molecule has 2 rings (SSSR count). The molecule has 0 aliphatic carbocycles. The molecule has 1 aromatic carbocycles. The standard InChI is InChI=1S/C13H13N3O3/c1-8-4-3-5-10(6-8)13(17)19-16-12(14)11-7-9(2)18-15-11/h3-7H,1-2H3,(H2,14,16). The summed E-state index contributed by atoms with van der Waals surface area (Å²) in [6.45, 7) is 3.61. The molecule has 0 bridgehead atoms. The first kappa shape index (κ1) is 12.8. The second-order valence-corrected chi connectivity index (χ2v) is 4.05. The first-order valence-electron chi connectivity index (χ1n) is 5.61. The van der Waals surface area contributed by atoms with Crippen molar-refractivity contribution in [2.45, 2.75) is 13.8 Å². The zero-order chi connectivity index (χ0) is 13.8. The summed E-state index contributed by atoms with van der Waals surface area (Å²) < 4.78 is 4.84. The molecule has 19 heavy (non-hydrogen) atoms. The number of hydrogen-bond donors (Lipinski definition) is 1. The van der Waals surface area contributed by atoms with Gasteiger partial charge in [0.25, 0.3) is 0 Å². The molecule has 0 radical (unpaired) electrons. The van der Waals surface area contributed by atoms with Crippen molar-refractivity contribution in [2.24, 2.45) is 10.9 Å². The van der Waals surface area contributed by atoms with Gasteiger partial charge >= 0.3 is 5.97 Å². The molecular formula is C13H13N3O3. The lowest BCUT2D eigenvalue weighted by molar-refractivity contribution is 0.0515. The number of carbonyl (C=O) groups is 1. The zero-order valence-corrected chi connectivity index (χ0v) is 10.6. The van der Waals surface area contributed by atoms with Gasteiger partial charge in [0.15, 0.2) is 11.5 Å². The normalized spacial score (nSPS) is 11.4. The molecule has 0 aliphatic heterocycles. The first-order chi connectivity index (χ1) is 9.06. The van der Waals surface area contributed by atoms with Gasteiger partial charge < -0.3 is 15.1 Å². The van der Waals surface area contributed by atoms with Gasteiger partial charge in [0.05, 0.1) is 5.56 Å². The Balaban J connectivity index is 2.07. The lowest BCUT2D eigenvalue weighted by Crippen LogP contribution is -2.15. The Kier molecular flexibility index (Phi) is 3.61. The summed E-state index contributed by atoms with van der Waals surface area (Å²) in [6.07, 6.45) is 0. The molecule has 6 heteroatoms. The van der Waals surface area contributed by atoms with Crippen LogP contribution in [0.15, 0.2) is 40.0 Å². The highest BCUT2D eigenvalue weighted by molar-refractivity contribution is 5.96. The van der Waals surface area contributed by atoms with Crippen LogP contribution in [-0.4, -0.2) is 17.0 Å². The summed E-state index contributed by atoms with van der Waals surface area (Å²) >= 11 is 0. The minimum absolute atomic E-state index is 0.0159. The van der Waals surface area contributed by atoms with Crippen LogP contribution in [0.2, 0.25) is 0 Å². The van der Waals surface area contributed by atoms with E-state index in [0.717, 1.165) is 5.56 Å². The summed E-state index contributed by atoms with van der Waals surface area (Å²) in [4.78, 5) is 16.5. The van der Waals surface area contributed by atoms with Gasteiger partial charge in [-0.1, -0.05) is 28.0 Å². The molecular weight excluding hydrogens is 246 g/mol. The molecule has 0 aliphatic rings. The molecule has 6 nitrogen and oxygen atoms in total. The maximum atomic E-state index is 11.7. The molecule has 2 N–H and O–H groups in total. The number of amidine groups is 1. The fraction of sp³-hybridized carbons (Fsp3) is 0.154. The van der Waals surface area contributed by atoms with E-state index in [-0.39, 0.29) is 5.84 Å². The van der Waals surface area contributed by atoms with Crippen molar-refractivity contribution in [2.75, 3.05) is 0 Å². The number of rotatable bonds is 3. The summed E-state index contributed by atoms with van der Waals surface area (Å²) in [5.74, 6) is 0.00267. The van der Waals surface area contributed by atoms with Crippen LogP contribution in [0.3, 0.4) is 0 Å². The number of carbonyl (C=O) groups excluding carboxylic acids is 1. The fourth-order valence-corrected chi connectivity index (χ4v) is 1.45. The Bertz CT molecular complexity index is 632. The molecule has 1 aromatic heterocycles. The van der Waals surface area contributed by atoms with Crippen molar-refractivity contribution < 1.29 is 14.2 Å². The highest BCUT2D eigenvalue weighted by Crippen LogP contribution is 2.06. The number of oxime groups is 1. The summed E-state index contributed by atoms with van der Waals surface area (Å²) in [6, 6.07) is 8.58. The Morgan fingerprint density at radius 1 is 1.37 bits per heavy atom. The largest absolute Gasteiger partial charge is 0.379 e. The second kappa shape index (κ2) is 5.34. The Labute approximate surface area is 109 Å². The second-order valence-electron chi connectivity index (χ2n) is 4.05. The van der Waals surface area contributed by atoms with Crippen LogP contribution in [0.4, 0.5) is 0 Å². The number of hydrogen-bond acceptors (Lipinski definition) is 5. The Morgan fingerprint density at radius 3 is 2.79 bits per heavy atom. The molecule has 98 valence electrons. The van der Waals surface area contributed by atoms with Gasteiger partial charge in [-0.15, -0.1) is 0 Å². The van der Waals surface area contributed by atoms with Crippen molar-refractivity contribution >= 4 is 11.8 Å². The highest BCUT2D eigenvalue weighted by Gasteiger charge is 2.09. The molecule has 1 heterocycles. The predicted octanol–water partition coefficient (Wildman–Crippen LogP) is 1.77. The number of aryl methyl sites for hydroxylation is 2. The molecule has 0 atom stereocenters. The van der Waals surface area contributed by atoms with Gasteiger partial charge in [-0.05, 0) is 26.0 Å². The fourth-order valence-electron chi connectivity index (χ4n) is 1.45. The van der Waals surface area contributed by atoms with Gasteiger partial charge in [-0.2, -0.15) is 0 Å². The van der Waals surface area contributed by atoms with E-state index in [9.17, 15) is 4.79 Å². The van der Waals surface area contributed by atoms with E-state index in [1.54, 1.807) is 31.2 Å². The predicted molar refractivity (Wildman–Crippen MR) is 68.6 cm³/mol. The SMILES string of the molecule is Cc1cccc(C(=O)O/N=C(\N)c2cc(C)on2)c1. The minimum atomic E-state index is -0.577. The van der Waals surface area contributed by atoms with Gasteiger partial charge in [0.2, 0.25) is 0 Å². The molecule has 0 spiro atoms. The number of nitrogens with zero attached hydrogens (tertiary/aromatic N) is 2. The molecule has 0 fully saturated rings. The lowest BCUT2D eigenvalue weighted by Gasteiger charge is -1.99. The summed E-state index contributed by atoms with van der Waals surface area (Å²) in [5.41, 5.74) is 7.31. The molecule has 0 saturated carbocycles. The van der Waals surface area contributed by atoms with Gasteiger partial charge in [-0.25, -0.2) is 4.79 Å². The third-order valence-corrected chi connectivity index (χ3v) is 2.37. The maximum absolute atomic E-state index is 11.7. The average Bonchev–Trinajstić information content (AvgIpc) is 2.82. The van der Waals surface area contributed by atoms with Crippen LogP contribution in [0, 0.1) is 13.8 Å². The highest BCUT2D eigenvalue weighted by atomic mass is 16.7. The molecule has 0 saturated heterocycles. The zero-order valence-electron chi connectivity index (χ0n) is 10.6. The van der Waals surface area contributed by atoms with Crippen LogP contribution in [-0.2, 0) is 4.84 Å². The van der Waals surface area contributed by atoms with E-state index in [1.807, 2.05) is 13.0 Å². The van der Waals surface area contributed by atoms with Crippen LogP contribution in [0.5, 0.6) is 0 Å². The van der Waals surface area contributed by atoms with E-state index >= 15 is 0 Å². The van der Waals surface area contributed by atoms with E-state index < -0.39 is 5.97 Å². The van der Waals surface area contributed by atoms with E-state index in [0.29, 0.717) is 17.0 Å². The molecule has 0 unspecified atom stereocenters. The quantitative estimate of drug-likeness (QED) is 0.392. The minimum Gasteiger partial charge on any atom is -0.379 e. The lowest BCUT2D eigenvalue weighted by atomic mass is 10.1. The first-order valence-corrected chi connectivity index (χ1v) is 5.61. The van der Waals surface area contributed by atoms with Gasteiger partial charge in [0.1, 0.15) is 5.76 Å². The number of benzene rings is 1. The smallest absolute Gasteiger partial charge is 0.365 e. The van der Waals surface area contributed by atoms with Crippen molar-refractivity contribution in [3.63, 3.8) is 0 Å². The van der Waals surface area contributed by atoms with Crippen LogP contribution >= 0.6 is 0 Å². The average molecular weight is 259 g/mol. The van der Waals surface area contributed by atoms with E-state index in [4.69, 9.17) is 15.1 Å². The van der Waals surface area contributed by atoms with Crippen molar-refractivity contribution in [3.05, 3.63) is 52.9 Å². The summed E-state index contributed by atoms with van der Waals surface area (Å²) in [5, 5.41) is 7.19. The maximum Gasteiger partial charge on any atom is 0.365 e. The number of nitrogens with two attached hydrogens (primary N) is 1. The Morgan fingerprint density at radius 2 is 2.16 bits per heavy atom. The van der Waals surface area contributed by atoms with Crippen molar-refractivity contribution in [1.82, 2.24) is 5.16 Å². The van der Waals surface area contributed by atoms with Crippen molar-refractivity contribution in [3.8, 4) is 0 Å². The third kappa shape index (κ3) is 3.19.